The van der Waals surface area contributed by atoms with E-state index in [2.05, 4.69) is 15.6 Å². The second kappa shape index (κ2) is 7.43. The number of carbonyl (C=O) groups excluding carboxylic acids is 3. The number of hydrogen-bond acceptors (Lipinski definition) is 4. The van der Waals surface area contributed by atoms with Gasteiger partial charge in [-0.25, -0.2) is 4.79 Å². The zero-order chi connectivity index (χ0) is 18.7. The number of nitrogens with one attached hydrogen (secondary N) is 3. The highest BCUT2D eigenvalue weighted by atomic mass is 16.5. The monoisotopic (exact) mass is 355 g/mol. The Hall–Kier alpha value is -3.09. The Bertz CT molecular complexity index is 852. The van der Waals surface area contributed by atoms with Crippen molar-refractivity contribution in [3.63, 3.8) is 0 Å². The molecule has 1 aliphatic carbocycles. The van der Waals surface area contributed by atoms with Crippen LogP contribution in [0, 0.1) is 6.92 Å². The Morgan fingerprint density at radius 3 is 2.38 bits per heavy atom. The Morgan fingerprint density at radius 1 is 1.12 bits per heavy atom. The first kappa shape index (κ1) is 17.7. The van der Waals surface area contributed by atoms with Crippen molar-refractivity contribution in [3.05, 3.63) is 46.8 Å². The quantitative estimate of drug-likeness (QED) is 0.779. The normalized spacial score (nSPS) is 13.1. The first-order valence-electron chi connectivity index (χ1n) is 8.59. The van der Waals surface area contributed by atoms with Crippen LogP contribution >= 0.6 is 0 Å². The van der Waals surface area contributed by atoms with Crippen LogP contribution in [0.5, 0.6) is 0 Å². The molecule has 1 aromatic heterocycles. The summed E-state index contributed by atoms with van der Waals surface area (Å²) >= 11 is 0. The van der Waals surface area contributed by atoms with Crippen molar-refractivity contribution in [2.75, 3.05) is 17.2 Å². The van der Waals surface area contributed by atoms with E-state index in [1.807, 2.05) is 0 Å². The van der Waals surface area contributed by atoms with Crippen LogP contribution in [0.4, 0.5) is 16.2 Å². The van der Waals surface area contributed by atoms with Crippen molar-refractivity contribution >= 4 is 29.2 Å². The lowest BCUT2D eigenvalue weighted by molar-refractivity contribution is 0.0971. The van der Waals surface area contributed by atoms with E-state index in [0.29, 0.717) is 41.2 Å². The van der Waals surface area contributed by atoms with E-state index >= 15 is 0 Å². The third-order valence-corrected chi connectivity index (χ3v) is 4.33. The second-order valence-corrected chi connectivity index (χ2v) is 6.13. The molecule has 0 fully saturated rings. The fourth-order valence-corrected chi connectivity index (χ4v) is 3.12. The molecule has 0 radical (unpaired) electrons. The molecule has 0 aliphatic heterocycles. The smallest absolute Gasteiger partial charge is 0.411 e. The molecule has 7 heteroatoms. The minimum Gasteiger partial charge on any atom is -0.450 e. The number of Topliss-reactive ketones (excluding diaryl/α,β-unsaturated/α-hetero) is 1. The van der Waals surface area contributed by atoms with Gasteiger partial charge >= 0.3 is 6.09 Å². The van der Waals surface area contributed by atoms with Gasteiger partial charge in [0, 0.05) is 29.1 Å². The van der Waals surface area contributed by atoms with Crippen LogP contribution in [-0.2, 0) is 11.2 Å². The highest BCUT2D eigenvalue weighted by Gasteiger charge is 2.26. The van der Waals surface area contributed by atoms with Gasteiger partial charge in [0.05, 0.1) is 6.61 Å². The van der Waals surface area contributed by atoms with Gasteiger partial charge in [0.1, 0.15) is 5.69 Å². The van der Waals surface area contributed by atoms with Crippen LogP contribution in [-0.4, -0.2) is 29.4 Å². The van der Waals surface area contributed by atoms with E-state index in [1.54, 1.807) is 38.1 Å². The highest BCUT2D eigenvalue weighted by molar-refractivity contribution is 6.08. The maximum absolute atomic E-state index is 12.6. The van der Waals surface area contributed by atoms with Crippen LogP contribution in [0.2, 0.25) is 0 Å². The fraction of sp³-hybridized carbons (Fsp3) is 0.316. The van der Waals surface area contributed by atoms with Crippen molar-refractivity contribution in [1.29, 1.82) is 0 Å². The van der Waals surface area contributed by atoms with Crippen molar-refractivity contribution < 1.29 is 19.1 Å². The van der Waals surface area contributed by atoms with Gasteiger partial charge in [0.2, 0.25) is 0 Å². The minimum absolute atomic E-state index is 0.0912. The molecule has 3 rings (SSSR count). The first-order valence-corrected chi connectivity index (χ1v) is 8.59. The van der Waals surface area contributed by atoms with Gasteiger partial charge in [-0.05, 0) is 56.5 Å². The zero-order valence-corrected chi connectivity index (χ0v) is 14.8. The summed E-state index contributed by atoms with van der Waals surface area (Å²) in [6.45, 7) is 3.81. The highest BCUT2D eigenvalue weighted by Crippen LogP contribution is 2.27. The molecule has 7 nitrogen and oxygen atoms in total. The summed E-state index contributed by atoms with van der Waals surface area (Å²) in [7, 11) is 0. The number of benzene rings is 1. The van der Waals surface area contributed by atoms with E-state index in [-0.39, 0.29) is 11.7 Å². The Kier molecular flexibility index (Phi) is 5.06. The SMILES string of the molecule is CCOC(=O)Nc1ccc(NC(=O)c2[nH]c3c(c2C)C(=O)CCC3)cc1. The van der Waals surface area contributed by atoms with Gasteiger partial charge in [-0.2, -0.15) is 0 Å². The molecule has 1 aliphatic rings. The van der Waals surface area contributed by atoms with Crippen LogP contribution in [0.3, 0.4) is 0 Å². The molecular formula is C19H21N3O4. The molecule has 3 N–H and O–H groups in total. The third-order valence-electron chi connectivity index (χ3n) is 4.33. The van der Waals surface area contributed by atoms with E-state index < -0.39 is 6.09 Å². The predicted octanol–water partition coefficient (Wildman–Crippen LogP) is 3.66. The summed E-state index contributed by atoms with van der Waals surface area (Å²) in [5, 5.41) is 5.39. The van der Waals surface area contributed by atoms with Crippen molar-refractivity contribution in [2.24, 2.45) is 0 Å². The average molecular weight is 355 g/mol. The molecule has 2 aromatic rings. The largest absolute Gasteiger partial charge is 0.450 e. The van der Waals surface area contributed by atoms with E-state index in [0.717, 1.165) is 18.5 Å². The van der Waals surface area contributed by atoms with Crippen molar-refractivity contribution in [3.8, 4) is 0 Å². The lowest BCUT2D eigenvalue weighted by Gasteiger charge is -2.09. The molecule has 0 unspecified atom stereocenters. The molecule has 1 aromatic carbocycles. The summed E-state index contributed by atoms with van der Waals surface area (Å²) in [4.78, 5) is 39.1. The fourth-order valence-electron chi connectivity index (χ4n) is 3.12. The van der Waals surface area contributed by atoms with Gasteiger partial charge in [-0.1, -0.05) is 0 Å². The van der Waals surface area contributed by atoms with E-state index in [4.69, 9.17) is 4.74 Å². The third kappa shape index (κ3) is 3.61. The van der Waals surface area contributed by atoms with Gasteiger partial charge in [-0.15, -0.1) is 0 Å². The summed E-state index contributed by atoms with van der Waals surface area (Å²) in [5.74, 6) is -0.204. The number of aryl methyl sites for hydroxylation is 1. The van der Waals surface area contributed by atoms with Gasteiger partial charge in [0.15, 0.2) is 5.78 Å². The van der Waals surface area contributed by atoms with Crippen molar-refractivity contribution in [1.82, 2.24) is 4.98 Å². The van der Waals surface area contributed by atoms with Crippen LogP contribution in [0.1, 0.15) is 51.9 Å². The predicted molar refractivity (Wildman–Crippen MR) is 97.8 cm³/mol. The van der Waals surface area contributed by atoms with Gasteiger partial charge in [-0.3, -0.25) is 14.9 Å². The van der Waals surface area contributed by atoms with E-state index in [9.17, 15) is 14.4 Å². The Labute approximate surface area is 151 Å². The zero-order valence-electron chi connectivity index (χ0n) is 14.8. The number of aromatic amines is 1. The molecule has 0 saturated carbocycles. The topological polar surface area (TPSA) is 100 Å². The number of ketones is 1. The summed E-state index contributed by atoms with van der Waals surface area (Å²) < 4.78 is 4.81. The maximum atomic E-state index is 12.6. The summed E-state index contributed by atoms with van der Waals surface area (Å²) in [6, 6.07) is 6.71. The van der Waals surface area contributed by atoms with E-state index in [1.165, 1.54) is 0 Å². The minimum atomic E-state index is -0.526. The summed E-state index contributed by atoms with van der Waals surface area (Å²) in [6.07, 6.45) is 1.59. The molecular weight excluding hydrogens is 334 g/mol. The number of H-pyrrole nitrogens is 1. The number of hydrogen-bond donors (Lipinski definition) is 3. The number of fused-ring (bicyclic) bond motifs is 1. The van der Waals surface area contributed by atoms with Gasteiger partial charge in [0.25, 0.3) is 5.91 Å². The number of anilines is 2. The molecule has 136 valence electrons. The Morgan fingerprint density at radius 2 is 1.77 bits per heavy atom. The molecule has 0 bridgehead atoms. The molecule has 26 heavy (non-hydrogen) atoms. The van der Waals surface area contributed by atoms with Crippen LogP contribution in [0.15, 0.2) is 24.3 Å². The van der Waals surface area contributed by atoms with Gasteiger partial charge < -0.3 is 15.0 Å². The first-order chi connectivity index (χ1) is 12.5. The van der Waals surface area contributed by atoms with Crippen LogP contribution in [0.25, 0.3) is 0 Å². The number of carbonyl (C=O) groups is 3. The summed E-state index contributed by atoms with van der Waals surface area (Å²) in [5.41, 5.74) is 3.77. The average Bonchev–Trinajstić information content (AvgIpc) is 2.95. The number of rotatable bonds is 4. The van der Waals surface area contributed by atoms with Crippen molar-refractivity contribution in [2.45, 2.75) is 33.1 Å². The number of amides is 2. The number of ether oxygens (including phenoxy) is 1. The number of aromatic nitrogens is 1. The maximum Gasteiger partial charge on any atom is 0.411 e. The molecule has 2 amide bonds. The molecule has 0 atom stereocenters. The second-order valence-electron chi connectivity index (χ2n) is 6.13. The standard InChI is InChI=1S/C19H21N3O4/c1-3-26-19(25)21-13-9-7-12(8-10-13)20-18(24)17-11(2)16-14(22-17)5-4-6-15(16)23/h7-10,22H,3-6H2,1-2H3,(H,20,24)(H,21,25). The molecule has 0 saturated heterocycles. The lowest BCUT2D eigenvalue weighted by Crippen LogP contribution is -2.15. The molecule has 1 heterocycles. The van der Waals surface area contributed by atoms with Crippen LogP contribution < -0.4 is 10.6 Å². The lowest BCUT2D eigenvalue weighted by atomic mass is 9.94. The molecule has 0 spiro atoms. The Balaban J connectivity index is 1.71.